The fourth-order valence-electron chi connectivity index (χ4n) is 2.23. The Morgan fingerprint density at radius 2 is 2.19 bits per heavy atom. The zero-order valence-corrected chi connectivity index (χ0v) is 12.5. The molecule has 1 unspecified atom stereocenters. The van der Waals surface area contributed by atoms with Crippen LogP contribution in [0, 0.1) is 10.1 Å². The highest BCUT2D eigenvalue weighted by atomic mass is 35.5. The highest BCUT2D eigenvalue weighted by Gasteiger charge is 2.15. The molecule has 1 heterocycles. The SMILES string of the molecule is CCCC(O)c1ccn(Cc2ccc(Cl)cc2[N+](=O)[O-])c1. The molecule has 0 radical (unpaired) electrons. The van der Waals surface area contributed by atoms with E-state index >= 15 is 0 Å². The van der Waals surface area contributed by atoms with Crippen LogP contribution in [0.15, 0.2) is 36.7 Å². The fourth-order valence-corrected chi connectivity index (χ4v) is 2.40. The second-order valence-corrected chi connectivity index (χ2v) is 5.39. The lowest BCUT2D eigenvalue weighted by atomic mass is 10.1. The number of halogens is 1. The highest BCUT2D eigenvalue weighted by molar-refractivity contribution is 6.30. The topological polar surface area (TPSA) is 68.3 Å². The summed E-state index contributed by atoms with van der Waals surface area (Å²) in [4.78, 5) is 10.6. The quantitative estimate of drug-likeness (QED) is 0.649. The zero-order valence-electron chi connectivity index (χ0n) is 11.7. The monoisotopic (exact) mass is 308 g/mol. The number of hydrogen-bond acceptors (Lipinski definition) is 3. The molecule has 0 saturated heterocycles. The summed E-state index contributed by atoms with van der Waals surface area (Å²) in [7, 11) is 0. The van der Waals surface area contributed by atoms with E-state index in [2.05, 4.69) is 0 Å². The predicted molar refractivity (Wildman–Crippen MR) is 81.5 cm³/mol. The number of nitro benzene ring substituents is 1. The van der Waals surface area contributed by atoms with Gasteiger partial charge in [0, 0.05) is 29.0 Å². The summed E-state index contributed by atoms with van der Waals surface area (Å²) in [6, 6.07) is 6.48. The molecule has 0 saturated carbocycles. The van der Waals surface area contributed by atoms with Gasteiger partial charge in [0.05, 0.1) is 17.6 Å². The van der Waals surface area contributed by atoms with Crippen LogP contribution < -0.4 is 0 Å². The third kappa shape index (κ3) is 3.83. The maximum atomic E-state index is 11.1. The molecule has 112 valence electrons. The van der Waals surface area contributed by atoms with Crippen molar-refractivity contribution in [3.05, 3.63) is 62.9 Å². The van der Waals surface area contributed by atoms with Crippen molar-refractivity contribution >= 4 is 17.3 Å². The summed E-state index contributed by atoms with van der Waals surface area (Å²) in [6.07, 6.45) is 4.74. The third-order valence-electron chi connectivity index (χ3n) is 3.32. The van der Waals surface area contributed by atoms with Crippen LogP contribution in [-0.4, -0.2) is 14.6 Å². The van der Waals surface area contributed by atoms with Gasteiger partial charge in [0.25, 0.3) is 5.69 Å². The molecule has 5 nitrogen and oxygen atoms in total. The summed E-state index contributed by atoms with van der Waals surface area (Å²) in [5.41, 5.74) is 1.41. The average Bonchev–Trinajstić information content (AvgIpc) is 2.89. The Kier molecular flexibility index (Phi) is 4.98. The molecule has 0 bridgehead atoms. The Morgan fingerprint density at radius 3 is 2.86 bits per heavy atom. The van der Waals surface area contributed by atoms with Crippen molar-refractivity contribution in [2.45, 2.75) is 32.4 Å². The number of rotatable bonds is 6. The predicted octanol–water partition coefficient (Wildman–Crippen LogP) is 3.93. The van der Waals surface area contributed by atoms with Crippen LogP contribution in [0.2, 0.25) is 5.02 Å². The lowest BCUT2D eigenvalue weighted by Crippen LogP contribution is -2.02. The van der Waals surface area contributed by atoms with Gasteiger partial charge in [0.2, 0.25) is 0 Å². The second-order valence-electron chi connectivity index (χ2n) is 4.95. The molecule has 0 aliphatic rings. The Hall–Kier alpha value is -1.85. The fraction of sp³-hybridized carbons (Fsp3) is 0.333. The molecule has 0 aliphatic carbocycles. The van der Waals surface area contributed by atoms with Gasteiger partial charge in [0.1, 0.15) is 0 Å². The van der Waals surface area contributed by atoms with Crippen molar-refractivity contribution in [3.63, 3.8) is 0 Å². The van der Waals surface area contributed by atoms with Gasteiger partial charge in [-0.05, 0) is 30.2 Å². The first-order valence-corrected chi connectivity index (χ1v) is 7.15. The third-order valence-corrected chi connectivity index (χ3v) is 3.55. The van der Waals surface area contributed by atoms with Crippen LogP contribution in [0.4, 0.5) is 5.69 Å². The lowest BCUT2D eigenvalue weighted by Gasteiger charge is -2.07. The van der Waals surface area contributed by atoms with E-state index in [1.165, 1.54) is 6.07 Å². The molecule has 2 rings (SSSR count). The summed E-state index contributed by atoms with van der Waals surface area (Å²) in [5, 5.41) is 21.3. The molecule has 1 aromatic carbocycles. The van der Waals surface area contributed by atoms with E-state index in [1.807, 2.05) is 30.0 Å². The van der Waals surface area contributed by atoms with E-state index in [9.17, 15) is 15.2 Å². The molecule has 1 N–H and O–H groups in total. The zero-order chi connectivity index (χ0) is 15.4. The van der Waals surface area contributed by atoms with E-state index in [0.29, 0.717) is 23.6 Å². The Labute approximate surface area is 127 Å². The van der Waals surface area contributed by atoms with Gasteiger partial charge in [-0.2, -0.15) is 0 Å². The Balaban J connectivity index is 2.21. The molecular weight excluding hydrogens is 292 g/mol. The molecule has 21 heavy (non-hydrogen) atoms. The van der Waals surface area contributed by atoms with Crippen molar-refractivity contribution in [1.82, 2.24) is 4.57 Å². The van der Waals surface area contributed by atoms with E-state index in [0.717, 1.165) is 12.0 Å². The molecule has 0 aliphatic heterocycles. The standard InChI is InChI=1S/C15H17ClN2O3/c1-2-3-15(19)12-6-7-17(10-12)9-11-4-5-13(16)8-14(11)18(20)21/h4-8,10,15,19H,2-3,9H2,1H3. The van der Waals surface area contributed by atoms with Gasteiger partial charge in [-0.25, -0.2) is 0 Å². The first kappa shape index (κ1) is 15.5. The molecule has 1 aromatic heterocycles. The number of aromatic nitrogens is 1. The van der Waals surface area contributed by atoms with Gasteiger partial charge < -0.3 is 9.67 Å². The van der Waals surface area contributed by atoms with Crippen molar-refractivity contribution in [1.29, 1.82) is 0 Å². The van der Waals surface area contributed by atoms with E-state index in [4.69, 9.17) is 11.6 Å². The van der Waals surface area contributed by atoms with E-state index < -0.39 is 11.0 Å². The molecule has 2 aromatic rings. The number of benzene rings is 1. The lowest BCUT2D eigenvalue weighted by molar-refractivity contribution is -0.385. The Morgan fingerprint density at radius 1 is 1.43 bits per heavy atom. The van der Waals surface area contributed by atoms with Gasteiger partial charge >= 0.3 is 0 Å². The molecule has 0 fully saturated rings. The number of aliphatic hydroxyl groups is 1. The van der Waals surface area contributed by atoms with Crippen molar-refractivity contribution < 1.29 is 10.0 Å². The highest BCUT2D eigenvalue weighted by Crippen LogP contribution is 2.25. The van der Waals surface area contributed by atoms with Gasteiger partial charge in [0.15, 0.2) is 0 Å². The van der Waals surface area contributed by atoms with Gasteiger partial charge in [-0.1, -0.05) is 24.9 Å². The number of hydrogen-bond donors (Lipinski definition) is 1. The minimum absolute atomic E-state index is 0.00635. The maximum absolute atomic E-state index is 11.1. The molecule has 1 atom stereocenters. The number of nitro groups is 1. The summed E-state index contributed by atoms with van der Waals surface area (Å²) < 4.78 is 1.82. The van der Waals surface area contributed by atoms with Crippen LogP contribution in [-0.2, 0) is 6.54 Å². The first-order valence-electron chi connectivity index (χ1n) is 6.77. The minimum Gasteiger partial charge on any atom is -0.388 e. The van der Waals surface area contributed by atoms with Crippen molar-refractivity contribution in [2.24, 2.45) is 0 Å². The minimum atomic E-state index is -0.489. The van der Waals surface area contributed by atoms with E-state index in [1.54, 1.807) is 12.1 Å². The average molecular weight is 309 g/mol. The second kappa shape index (κ2) is 6.74. The van der Waals surface area contributed by atoms with E-state index in [-0.39, 0.29) is 5.69 Å². The number of aliphatic hydroxyl groups excluding tert-OH is 1. The largest absolute Gasteiger partial charge is 0.388 e. The van der Waals surface area contributed by atoms with Crippen LogP contribution in [0.5, 0.6) is 0 Å². The first-order chi connectivity index (χ1) is 10.0. The number of nitrogens with zero attached hydrogens (tertiary/aromatic N) is 2. The van der Waals surface area contributed by atoms with Crippen LogP contribution in [0.25, 0.3) is 0 Å². The van der Waals surface area contributed by atoms with Crippen molar-refractivity contribution in [2.75, 3.05) is 0 Å². The molecular formula is C15H17ClN2O3. The summed E-state index contributed by atoms with van der Waals surface area (Å²) in [6.45, 7) is 2.38. The van der Waals surface area contributed by atoms with Crippen LogP contribution in [0.1, 0.15) is 37.0 Å². The summed E-state index contributed by atoms with van der Waals surface area (Å²) in [5.74, 6) is 0. The van der Waals surface area contributed by atoms with Crippen LogP contribution >= 0.6 is 11.6 Å². The van der Waals surface area contributed by atoms with Gasteiger partial charge in [-0.3, -0.25) is 10.1 Å². The summed E-state index contributed by atoms with van der Waals surface area (Å²) >= 11 is 5.80. The normalized spacial score (nSPS) is 12.3. The smallest absolute Gasteiger partial charge is 0.275 e. The molecule has 0 spiro atoms. The molecule has 0 amide bonds. The van der Waals surface area contributed by atoms with Crippen molar-refractivity contribution in [3.8, 4) is 0 Å². The molecule has 6 heteroatoms. The Bertz CT molecular complexity index is 640. The van der Waals surface area contributed by atoms with Crippen LogP contribution in [0.3, 0.4) is 0 Å². The maximum Gasteiger partial charge on any atom is 0.275 e. The van der Waals surface area contributed by atoms with Gasteiger partial charge in [-0.15, -0.1) is 0 Å².